The number of likely N-dealkylation sites (tertiary alicyclic amines) is 1. The van der Waals surface area contributed by atoms with Gasteiger partial charge in [-0.15, -0.1) is 24.0 Å². The minimum Gasteiger partial charge on any atom is -0.467 e. The molecule has 29 heavy (non-hydrogen) atoms. The number of nitrogens with zero attached hydrogens (tertiary/aromatic N) is 2. The van der Waals surface area contributed by atoms with E-state index in [4.69, 9.17) is 9.15 Å². The van der Waals surface area contributed by atoms with Gasteiger partial charge in [-0.05, 0) is 37.0 Å². The molecule has 1 aromatic carbocycles. The number of hydrogen-bond donors (Lipinski definition) is 2. The molecule has 2 aromatic rings. The molecule has 0 atom stereocenters. The maximum absolute atomic E-state index is 5.60. The molecular weight excluding hydrogens is 479 g/mol. The summed E-state index contributed by atoms with van der Waals surface area (Å²) < 4.78 is 10.9. The van der Waals surface area contributed by atoms with Gasteiger partial charge in [0, 0.05) is 45.9 Å². The van der Waals surface area contributed by atoms with Gasteiger partial charge in [-0.1, -0.05) is 30.3 Å². The first-order valence-electron chi connectivity index (χ1n) is 10.2. The number of piperidine rings is 1. The summed E-state index contributed by atoms with van der Waals surface area (Å²) in [6.45, 7) is 5.33. The van der Waals surface area contributed by atoms with E-state index in [2.05, 4.69) is 50.9 Å². The summed E-state index contributed by atoms with van der Waals surface area (Å²) in [4.78, 5) is 6.88. The fourth-order valence-corrected chi connectivity index (χ4v) is 3.41. The first kappa shape index (κ1) is 23.7. The number of ether oxygens (including phenoxy) is 1. The standard InChI is InChI=1S/C22H32N4O2.HI/c1-23-22(24-12-6-15-27-18-21-9-5-16-28-21)25-20-10-13-26(14-11-20)17-19-7-3-2-4-8-19;/h2-5,7-9,16,20H,6,10-15,17-18H2,1H3,(H2,23,24,25);1H. The lowest BCUT2D eigenvalue weighted by molar-refractivity contribution is 0.105. The Morgan fingerprint density at radius 2 is 1.97 bits per heavy atom. The van der Waals surface area contributed by atoms with Crippen molar-refractivity contribution in [3.8, 4) is 0 Å². The number of hydrogen-bond acceptors (Lipinski definition) is 4. The van der Waals surface area contributed by atoms with Gasteiger partial charge in [0.05, 0.1) is 6.26 Å². The van der Waals surface area contributed by atoms with Crippen LogP contribution < -0.4 is 10.6 Å². The van der Waals surface area contributed by atoms with E-state index in [0.29, 0.717) is 19.3 Å². The molecule has 1 fully saturated rings. The van der Waals surface area contributed by atoms with E-state index in [-0.39, 0.29) is 24.0 Å². The van der Waals surface area contributed by atoms with Gasteiger partial charge in [0.2, 0.25) is 0 Å². The van der Waals surface area contributed by atoms with Gasteiger partial charge in [0.15, 0.2) is 5.96 Å². The number of rotatable bonds is 9. The molecule has 2 N–H and O–H groups in total. The first-order chi connectivity index (χ1) is 13.8. The second-order valence-corrected chi connectivity index (χ2v) is 7.16. The summed E-state index contributed by atoms with van der Waals surface area (Å²) in [5.41, 5.74) is 1.39. The van der Waals surface area contributed by atoms with E-state index >= 15 is 0 Å². The molecule has 3 rings (SSSR count). The van der Waals surface area contributed by atoms with Crippen LogP contribution in [0, 0.1) is 0 Å². The van der Waals surface area contributed by atoms with Gasteiger partial charge in [-0.3, -0.25) is 9.89 Å². The van der Waals surface area contributed by atoms with Crippen molar-refractivity contribution < 1.29 is 9.15 Å². The average Bonchev–Trinajstić information content (AvgIpc) is 3.25. The van der Waals surface area contributed by atoms with Crippen LogP contribution in [0.3, 0.4) is 0 Å². The number of guanidine groups is 1. The molecule has 160 valence electrons. The molecule has 0 saturated carbocycles. The Hall–Kier alpha value is -1.58. The van der Waals surface area contributed by atoms with Crippen molar-refractivity contribution in [2.75, 3.05) is 33.3 Å². The molecule has 0 spiro atoms. The zero-order valence-electron chi connectivity index (χ0n) is 17.2. The molecule has 0 bridgehead atoms. The van der Waals surface area contributed by atoms with Crippen LogP contribution in [-0.4, -0.2) is 50.2 Å². The largest absolute Gasteiger partial charge is 0.467 e. The van der Waals surface area contributed by atoms with Gasteiger partial charge >= 0.3 is 0 Å². The van der Waals surface area contributed by atoms with Crippen molar-refractivity contribution in [2.45, 2.75) is 38.5 Å². The zero-order valence-corrected chi connectivity index (χ0v) is 19.5. The van der Waals surface area contributed by atoms with Crippen LogP contribution in [0.2, 0.25) is 0 Å². The first-order valence-corrected chi connectivity index (χ1v) is 10.2. The Balaban J connectivity index is 0.00000300. The second-order valence-electron chi connectivity index (χ2n) is 7.16. The van der Waals surface area contributed by atoms with Crippen LogP contribution in [0.15, 0.2) is 58.1 Å². The van der Waals surface area contributed by atoms with E-state index in [1.54, 1.807) is 6.26 Å². The quantitative estimate of drug-likeness (QED) is 0.233. The number of furan rings is 1. The third kappa shape index (κ3) is 8.76. The monoisotopic (exact) mass is 512 g/mol. The smallest absolute Gasteiger partial charge is 0.191 e. The average molecular weight is 512 g/mol. The number of aliphatic imine (C=N–C) groups is 1. The van der Waals surface area contributed by atoms with Crippen molar-refractivity contribution in [3.05, 3.63) is 60.1 Å². The van der Waals surface area contributed by atoms with Crippen LogP contribution >= 0.6 is 24.0 Å². The molecule has 1 aromatic heterocycles. The van der Waals surface area contributed by atoms with Crippen LogP contribution in [0.5, 0.6) is 0 Å². The maximum atomic E-state index is 5.60. The molecule has 1 aliphatic heterocycles. The lowest BCUT2D eigenvalue weighted by Crippen LogP contribution is -2.48. The molecule has 1 saturated heterocycles. The van der Waals surface area contributed by atoms with Gasteiger partial charge in [-0.2, -0.15) is 0 Å². The SMILES string of the molecule is CN=C(NCCCOCc1ccco1)NC1CCN(Cc2ccccc2)CC1.I. The Morgan fingerprint density at radius 3 is 2.66 bits per heavy atom. The van der Waals surface area contributed by atoms with Crippen LogP contribution in [-0.2, 0) is 17.9 Å². The highest BCUT2D eigenvalue weighted by atomic mass is 127. The van der Waals surface area contributed by atoms with E-state index in [1.165, 1.54) is 5.56 Å². The van der Waals surface area contributed by atoms with Crippen LogP contribution in [0.4, 0.5) is 0 Å². The predicted molar refractivity (Wildman–Crippen MR) is 128 cm³/mol. The Bertz CT molecular complexity index is 686. The van der Waals surface area contributed by atoms with Crippen LogP contribution in [0.25, 0.3) is 0 Å². The fourth-order valence-electron chi connectivity index (χ4n) is 3.41. The van der Waals surface area contributed by atoms with E-state index in [9.17, 15) is 0 Å². The maximum Gasteiger partial charge on any atom is 0.191 e. The zero-order chi connectivity index (χ0) is 19.4. The topological polar surface area (TPSA) is 62.0 Å². The minimum atomic E-state index is 0. The normalized spacial score (nSPS) is 15.7. The summed E-state index contributed by atoms with van der Waals surface area (Å²) in [6.07, 6.45) is 4.87. The van der Waals surface area contributed by atoms with Crippen molar-refractivity contribution >= 4 is 29.9 Å². The molecule has 0 unspecified atom stereocenters. The summed E-state index contributed by atoms with van der Waals surface area (Å²) >= 11 is 0. The van der Waals surface area contributed by atoms with Crippen LogP contribution in [0.1, 0.15) is 30.6 Å². The molecule has 7 heteroatoms. The highest BCUT2D eigenvalue weighted by Gasteiger charge is 2.19. The van der Waals surface area contributed by atoms with Gasteiger partial charge in [0.1, 0.15) is 12.4 Å². The fraction of sp³-hybridized carbons (Fsp3) is 0.500. The molecule has 0 amide bonds. The minimum absolute atomic E-state index is 0. The molecule has 1 aliphatic rings. The summed E-state index contributed by atoms with van der Waals surface area (Å²) in [5.74, 6) is 1.75. The van der Waals surface area contributed by atoms with E-state index < -0.39 is 0 Å². The third-order valence-corrected chi connectivity index (χ3v) is 4.98. The van der Waals surface area contributed by atoms with Crippen molar-refractivity contribution in [1.29, 1.82) is 0 Å². The highest BCUT2D eigenvalue weighted by molar-refractivity contribution is 14.0. The second kappa shape index (κ2) is 13.6. The lowest BCUT2D eigenvalue weighted by atomic mass is 10.0. The third-order valence-electron chi connectivity index (χ3n) is 4.98. The molecule has 2 heterocycles. The molecule has 6 nitrogen and oxygen atoms in total. The Labute approximate surface area is 191 Å². The Kier molecular flexibility index (Phi) is 11.1. The predicted octanol–water partition coefficient (Wildman–Crippen LogP) is 3.63. The number of nitrogens with one attached hydrogen (secondary N) is 2. The van der Waals surface area contributed by atoms with Crippen molar-refractivity contribution in [1.82, 2.24) is 15.5 Å². The summed E-state index contributed by atoms with van der Waals surface area (Å²) in [5, 5.41) is 6.94. The van der Waals surface area contributed by atoms with E-state index in [0.717, 1.165) is 57.2 Å². The highest BCUT2D eigenvalue weighted by Crippen LogP contribution is 2.13. The Morgan fingerprint density at radius 1 is 1.17 bits per heavy atom. The van der Waals surface area contributed by atoms with Gasteiger partial charge < -0.3 is 19.8 Å². The molecule has 0 aliphatic carbocycles. The van der Waals surface area contributed by atoms with Crippen molar-refractivity contribution in [2.24, 2.45) is 4.99 Å². The van der Waals surface area contributed by atoms with Gasteiger partial charge in [-0.25, -0.2) is 0 Å². The number of halogens is 1. The lowest BCUT2D eigenvalue weighted by Gasteiger charge is -2.33. The van der Waals surface area contributed by atoms with Gasteiger partial charge in [0.25, 0.3) is 0 Å². The summed E-state index contributed by atoms with van der Waals surface area (Å²) in [7, 11) is 1.83. The van der Waals surface area contributed by atoms with E-state index in [1.807, 2.05) is 19.2 Å². The van der Waals surface area contributed by atoms with Crippen molar-refractivity contribution in [3.63, 3.8) is 0 Å². The summed E-state index contributed by atoms with van der Waals surface area (Å²) in [6, 6.07) is 15.0. The number of benzene rings is 1. The molecular formula is C22H33IN4O2. The molecule has 0 radical (unpaired) electrons.